The monoisotopic (exact) mass is 548 g/mol. The van der Waals surface area contributed by atoms with Crippen molar-refractivity contribution in [2.24, 2.45) is 5.41 Å². The van der Waals surface area contributed by atoms with Crippen LogP contribution >= 0.6 is 0 Å². The molecule has 9 nitrogen and oxygen atoms in total. The van der Waals surface area contributed by atoms with Gasteiger partial charge in [0.25, 0.3) is 0 Å². The van der Waals surface area contributed by atoms with Gasteiger partial charge in [0.05, 0.1) is 31.3 Å². The number of rotatable bonds is 4. The smallest absolute Gasteiger partial charge is 0.228 e. The molecule has 1 atom stereocenters. The van der Waals surface area contributed by atoms with Crippen LogP contribution < -0.4 is 14.2 Å². The van der Waals surface area contributed by atoms with Crippen molar-refractivity contribution in [3.63, 3.8) is 0 Å². The van der Waals surface area contributed by atoms with Crippen LogP contribution in [-0.2, 0) is 4.79 Å². The van der Waals surface area contributed by atoms with Gasteiger partial charge in [-0.3, -0.25) is 4.79 Å². The molecule has 0 fully saturated rings. The van der Waals surface area contributed by atoms with Crippen molar-refractivity contribution in [2.75, 3.05) is 14.2 Å². The maximum Gasteiger partial charge on any atom is 0.228 e. The van der Waals surface area contributed by atoms with Gasteiger partial charge >= 0.3 is 0 Å². The van der Waals surface area contributed by atoms with E-state index in [0.717, 1.165) is 16.3 Å². The zero-order chi connectivity index (χ0) is 28.5. The fourth-order valence-corrected chi connectivity index (χ4v) is 6.03. The second-order valence-electron chi connectivity index (χ2n) is 11.3. The van der Waals surface area contributed by atoms with Crippen molar-refractivity contribution < 1.29 is 24.1 Å². The van der Waals surface area contributed by atoms with E-state index in [9.17, 15) is 9.90 Å². The number of Topliss-reactive ketones (excluding diaryl/α,β-unsaturated/α-hetero) is 1. The van der Waals surface area contributed by atoms with Crippen molar-refractivity contribution >= 4 is 22.2 Å². The van der Waals surface area contributed by atoms with Crippen LogP contribution in [-0.4, -0.2) is 44.7 Å². The van der Waals surface area contributed by atoms with E-state index in [2.05, 4.69) is 23.9 Å². The first-order valence-corrected chi connectivity index (χ1v) is 13.4. The quantitative estimate of drug-likeness (QED) is 0.299. The van der Waals surface area contributed by atoms with Gasteiger partial charge in [-0.05, 0) is 46.0 Å². The number of nitrogens with zero attached hydrogens (tertiary/aromatic N) is 4. The van der Waals surface area contributed by atoms with Crippen LogP contribution in [0, 0.1) is 5.41 Å². The lowest BCUT2D eigenvalue weighted by atomic mass is 9.70. The zero-order valence-electron chi connectivity index (χ0n) is 23.1. The van der Waals surface area contributed by atoms with E-state index < -0.39 is 5.92 Å². The summed E-state index contributed by atoms with van der Waals surface area (Å²) in [6, 6.07) is 17.0. The number of aromatic nitrogens is 4. The zero-order valence-corrected chi connectivity index (χ0v) is 23.1. The number of phenols is 1. The van der Waals surface area contributed by atoms with E-state index in [0.29, 0.717) is 64.2 Å². The maximum absolute atomic E-state index is 13.8. The minimum absolute atomic E-state index is 0.0237. The Kier molecular flexibility index (Phi) is 5.54. The summed E-state index contributed by atoms with van der Waals surface area (Å²) in [6.07, 6.45) is 2.55. The van der Waals surface area contributed by atoms with Crippen molar-refractivity contribution in [1.29, 1.82) is 0 Å². The second kappa shape index (κ2) is 9.05. The van der Waals surface area contributed by atoms with Crippen LogP contribution in [0.5, 0.6) is 23.1 Å². The highest BCUT2D eigenvalue weighted by Gasteiger charge is 2.44. The van der Waals surface area contributed by atoms with Crippen molar-refractivity contribution in [2.45, 2.75) is 32.6 Å². The molecule has 0 saturated heterocycles. The van der Waals surface area contributed by atoms with Gasteiger partial charge in [0.1, 0.15) is 17.8 Å². The van der Waals surface area contributed by atoms with Crippen molar-refractivity contribution in [1.82, 2.24) is 19.6 Å². The van der Waals surface area contributed by atoms with E-state index in [4.69, 9.17) is 19.2 Å². The first-order chi connectivity index (χ1) is 19.8. The minimum atomic E-state index is -0.518. The molecule has 1 N–H and O–H groups in total. The third-order valence-corrected chi connectivity index (χ3v) is 7.91. The molecular formula is C32H28N4O5. The third kappa shape index (κ3) is 3.99. The Balaban J connectivity index is 1.47. The average Bonchev–Trinajstić information content (AvgIpc) is 3.39. The maximum atomic E-state index is 13.8. The molecular weight excluding hydrogens is 520 g/mol. The standard InChI is InChI=1S/C32H28N4O5/c1-32(2)14-22(38)27-25(15-32)41-31-28(26(27)19-9-10-23(39-3)24(13-19)40-4)30-34-29(35-36(30)16-33-31)20-11-17-7-5-6-8-18(17)12-21(20)37/h5-13,16,26,37H,14-15H2,1-4H3. The van der Waals surface area contributed by atoms with Gasteiger partial charge in [-0.15, -0.1) is 5.10 Å². The van der Waals surface area contributed by atoms with Gasteiger partial charge in [-0.2, -0.15) is 0 Å². The molecule has 0 bridgehead atoms. The van der Waals surface area contributed by atoms with Gasteiger partial charge in [0.15, 0.2) is 28.8 Å². The van der Waals surface area contributed by atoms with Crippen molar-refractivity contribution in [3.05, 3.63) is 83.4 Å². The van der Waals surface area contributed by atoms with Gasteiger partial charge in [-0.1, -0.05) is 44.2 Å². The number of fused-ring (bicyclic) bond motifs is 4. The number of phenolic OH excluding ortho intramolecular Hbond substituents is 1. The van der Waals surface area contributed by atoms with E-state index in [1.165, 1.54) is 0 Å². The summed E-state index contributed by atoms with van der Waals surface area (Å²) in [4.78, 5) is 23.3. The second-order valence-corrected chi connectivity index (χ2v) is 11.3. The molecule has 206 valence electrons. The topological polar surface area (TPSA) is 108 Å². The van der Waals surface area contributed by atoms with E-state index in [1.54, 1.807) is 31.1 Å². The molecule has 0 radical (unpaired) electrons. The number of ether oxygens (including phenoxy) is 3. The highest BCUT2D eigenvalue weighted by atomic mass is 16.5. The number of methoxy groups -OCH3 is 2. The number of benzene rings is 3. The van der Waals surface area contributed by atoms with Crippen LogP contribution in [0.4, 0.5) is 0 Å². The first kappa shape index (κ1) is 25.1. The molecule has 2 aliphatic rings. The van der Waals surface area contributed by atoms with Crippen LogP contribution in [0.2, 0.25) is 0 Å². The number of allylic oxidation sites excluding steroid dienone is 2. The van der Waals surface area contributed by atoms with Crippen LogP contribution in [0.15, 0.2) is 72.3 Å². The molecule has 0 amide bonds. The highest BCUT2D eigenvalue weighted by Crippen LogP contribution is 2.51. The molecule has 41 heavy (non-hydrogen) atoms. The molecule has 3 heterocycles. The summed E-state index contributed by atoms with van der Waals surface area (Å²) in [7, 11) is 3.17. The SMILES string of the molecule is COc1ccc(C2C3=C(CC(C)(C)CC3=O)Oc3ncn4nc(-c5cc6ccccc6cc5O)nc4c32)cc1OC. The highest BCUT2D eigenvalue weighted by molar-refractivity contribution is 6.00. The van der Waals surface area contributed by atoms with E-state index >= 15 is 0 Å². The lowest BCUT2D eigenvalue weighted by molar-refractivity contribution is -0.118. The largest absolute Gasteiger partial charge is 0.507 e. The number of hydrogen-bond acceptors (Lipinski definition) is 8. The minimum Gasteiger partial charge on any atom is -0.507 e. The average molecular weight is 549 g/mol. The summed E-state index contributed by atoms with van der Waals surface area (Å²) >= 11 is 0. The van der Waals surface area contributed by atoms with E-state index in [1.807, 2.05) is 48.5 Å². The Morgan fingerprint density at radius 2 is 1.76 bits per heavy atom. The molecule has 1 aliphatic heterocycles. The number of carbonyl (C=O) groups is 1. The number of aromatic hydroxyl groups is 1. The Morgan fingerprint density at radius 1 is 1.00 bits per heavy atom. The number of ketones is 1. The lowest BCUT2D eigenvalue weighted by Crippen LogP contribution is -2.33. The molecule has 2 aromatic heterocycles. The fraction of sp³-hybridized carbons (Fsp3) is 0.250. The fourth-order valence-electron chi connectivity index (χ4n) is 6.03. The molecule has 7 rings (SSSR count). The third-order valence-electron chi connectivity index (χ3n) is 7.91. The van der Waals surface area contributed by atoms with Crippen LogP contribution in [0.25, 0.3) is 27.8 Å². The molecule has 9 heteroatoms. The van der Waals surface area contributed by atoms with Crippen LogP contribution in [0.1, 0.15) is 43.7 Å². The molecule has 1 unspecified atom stereocenters. The predicted molar refractivity (Wildman–Crippen MR) is 152 cm³/mol. The molecule has 5 aromatic rings. The van der Waals surface area contributed by atoms with E-state index in [-0.39, 0.29) is 16.9 Å². The van der Waals surface area contributed by atoms with Gasteiger partial charge in [0.2, 0.25) is 5.88 Å². The Hall–Kier alpha value is -4.92. The van der Waals surface area contributed by atoms with Gasteiger partial charge in [0, 0.05) is 18.4 Å². The normalized spacial score (nSPS) is 17.8. The lowest BCUT2D eigenvalue weighted by Gasteiger charge is -2.37. The molecule has 1 aliphatic carbocycles. The number of hydrogen-bond donors (Lipinski definition) is 1. The molecule has 0 spiro atoms. The Bertz CT molecular complexity index is 1920. The Labute approximate surface area is 236 Å². The number of carbonyl (C=O) groups excluding carboxylic acids is 1. The van der Waals surface area contributed by atoms with Crippen molar-refractivity contribution in [3.8, 4) is 34.5 Å². The van der Waals surface area contributed by atoms with Gasteiger partial charge in [-0.25, -0.2) is 14.5 Å². The Morgan fingerprint density at radius 3 is 2.51 bits per heavy atom. The first-order valence-electron chi connectivity index (χ1n) is 13.4. The predicted octanol–water partition coefficient (Wildman–Crippen LogP) is 5.83. The summed E-state index contributed by atoms with van der Waals surface area (Å²) in [5.74, 6) is 2.06. The van der Waals surface area contributed by atoms with Gasteiger partial charge < -0.3 is 19.3 Å². The van der Waals surface area contributed by atoms with Crippen LogP contribution in [0.3, 0.4) is 0 Å². The summed E-state index contributed by atoms with van der Waals surface area (Å²) in [5, 5.41) is 17.4. The summed E-state index contributed by atoms with van der Waals surface area (Å²) in [6.45, 7) is 4.13. The molecule has 3 aromatic carbocycles. The summed E-state index contributed by atoms with van der Waals surface area (Å²) in [5.41, 5.74) is 2.79. The summed E-state index contributed by atoms with van der Waals surface area (Å²) < 4.78 is 19.0. The molecule has 0 saturated carbocycles.